The Morgan fingerprint density at radius 2 is 2.31 bits per heavy atom. The number of hydrogen-bond donors (Lipinski definition) is 4. The van der Waals surface area contributed by atoms with Crippen LogP contribution < -0.4 is 16.8 Å². The molecule has 7 nitrogen and oxygen atoms in total. The van der Waals surface area contributed by atoms with Crippen molar-refractivity contribution in [2.75, 3.05) is 12.3 Å². The van der Waals surface area contributed by atoms with Crippen LogP contribution in [0.4, 0.5) is 5.13 Å². The number of amides is 1. The number of carbonyl (C=O) groups is 2. The maximum Gasteiger partial charge on any atom is 0.322 e. The molecular weight excluding hydrogens is 232 g/mol. The van der Waals surface area contributed by atoms with Crippen LogP contribution in [-0.4, -0.2) is 34.6 Å². The Morgan fingerprint density at radius 3 is 2.81 bits per heavy atom. The summed E-state index contributed by atoms with van der Waals surface area (Å²) in [6, 6.07) is -1.09. The lowest BCUT2D eigenvalue weighted by atomic mass is 10.3. The summed E-state index contributed by atoms with van der Waals surface area (Å²) in [5.41, 5.74) is 11.2. The van der Waals surface area contributed by atoms with Crippen LogP contribution in [0.25, 0.3) is 0 Å². The number of aromatic nitrogens is 1. The molecule has 0 aromatic carbocycles. The SMILES string of the molecule is Nc1nc(CC(=O)NCC(N)C(=O)O)cs1. The van der Waals surface area contributed by atoms with E-state index < -0.39 is 12.0 Å². The first kappa shape index (κ1) is 12.4. The van der Waals surface area contributed by atoms with Gasteiger partial charge in [0.25, 0.3) is 0 Å². The Kier molecular flexibility index (Phi) is 4.20. The molecule has 8 heteroatoms. The van der Waals surface area contributed by atoms with Crippen LogP contribution in [0.5, 0.6) is 0 Å². The second-order valence-electron chi connectivity index (χ2n) is 3.10. The molecule has 6 N–H and O–H groups in total. The molecule has 1 atom stereocenters. The predicted molar refractivity (Wildman–Crippen MR) is 58.9 cm³/mol. The maximum atomic E-state index is 11.3. The first-order chi connectivity index (χ1) is 7.49. The number of nitrogen functional groups attached to an aromatic ring is 1. The van der Waals surface area contributed by atoms with E-state index in [9.17, 15) is 9.59 Å². The van der Waals surface area contributed by atoms with Crippen molar-refractivity contribution in [2.45, 2.75) is 12.5 Å². The Labute approximate surface area is 95.5 Å². The quantitative estimate of drug-likeness (QED) is 0.514. The van der Waals surface area contributed by atoms with Gasteiger partial charge in [0.1, 0.15) is 6.04 Å². The fourth-order valence-corrected chi connectivity index (χ4v) is 1.50. The van der Waals surface area contributed by atoms with Crippen LogP contribution in [0, 0.1) is 0 Å². The van der Waals surface area contributed by atoms with Crippen molar-refractivity contribution < 1.29 is 14.7 Å². The molecule has 0 aliphatic heterocycles. The molecule has 0 radical (unpaired) electrons. The Balaban J connectivity index is 2.34. The number of carbonyl (C=O) groups excluding carboxylic acids is 1. The molecule has 0 spiro atoms. The number of carboxylic acid groups (broad SMARTS) is 1. The van der Waals surface area contributed by atoms with Gasteiger partial charge in [-0.15, -0.1) is 11.3 Å². The van der Waals surface area contributed by atoms with Gasteiger partial charge < -0.3 is 21.9 Å². The van der Waals surface area contributed by atoms with E-state index in [0.717, 1.165) is 0 Å². The van der Waals surface area contributed by atoms with E-state index in [2.05, 4.69) is 10.3 Å². The molecule has 0 aliphatic carbocycles. The van der Waals surface area contributed by atoms with Gasteiger partial charge >= 0.3 is 5.97 Å². The number of nitrogens with two attached hydrogens (primary N) is 2. The molecule has 1 rings (SSSR count). The average molecular weight is 244 g/mol. The smallest absolute Gasteiger partial charge is 0.322 e. The van der Waals surface area contributed by atoms with Gasteiger partial charge in [0.05, 0.1) is 12.1 Å². The summed E-state index contributed by atoms with van der Waals surface area (Å²) in [5, 5.41) is 13.0. The van der Waals surface area contributed by atoms with Crippen molar-refractivity contribution in [3.63, 3.8) is 0 Å². The fourth-order valence-electron chi connectivity index (χ4n) is 0.942. The van der Waals surface area contributed by atoms with Crippen LogP contribution in [0.2, 0.25) is 0 Å². The minimum absolute atomic E-state index is 0.0695. The van der Waals surface area contributed by atoms with Crippen molar-refractivity contribution in [3.05, 3.63) is 11.1 Å². The number of rotatable bonds is 5. The molecule has 1 aromatic rings. The summed E-state index contributed by atoms with van der Waals surface area (Å²) in [4.78, 5) is 25.6. The van der Waals surface area contributed by atoms with Crippen molar-refractivity contribution >= 4 is 28.3 Å². The molecule has 88 valence electrons. The van der Waals surface area contributed by atoms with Gasteiger partial charge in [-0.25, -0.2) is 4.98 Å². The standard InChI is InChI=1S/C8H12N4O3S/c9-5(7(14)15)2-11-6(13)1-4-3-16-8(10)12-4/h3,5H,1-2,9H2,(H2,10,12)(H,11,13)(H,14,15). The Bertz CT molecular complexity index is 392. The third kappa shape index (κ3) is 3.83. The van der Waals surface area contributed by atoms with Crippen LogP contribution in [0.3, 0.4) is 0 Å². The Hall–Kier alpha value is -1.67. The van der Waals surface area contributed by atoms with E-state index >= 15 is 0 Å². The molecule has 0 saturated heterocycles. The van der Waals surface area contributed by atoms with E-state index in [1.807, 2.05) is 0 Å². The van der Waals surface area contributed by atoms with Gasteiger partial charge in [-0.05, 0) is 0 Å². The predicted octanol–water partition coefficient (Wildman–Crippen LogP) is -1.20. The second-order valence-corrected chi connectivity index (χ2v) is 3.99. The summed E-state index contributed by atoms with van der Waals surface area (Å²) >= 11 is 1.24. The molecule has 0 aliphatic rings. The molecule has 1 amide bonds. The number of hydrogen-bond acceptors (Lipinski definition) is 6. The summed E-state index contributed by atoms with van der Waals surface area (Å²) < 4.78 is 0. The van der Waals surface area contributed by atoms with E-state index in [-0.39, 0.29) is 18.9 Å². The first-order valence-electron chi connectivity index (χ1n) is 4.44. The summed E-state index contributed by atoms with van der Waals surface area (Å²) in [6.07, 6.45) is 0.0695. The number of anilines is 1. The van der Waals surface area contributed by atoms with Gasteiger partial charge in [0, 0.05) is 11.9 Å². The monoisotopic (exact) mass is 244 g/mol. The van der Waals surface area contributed by atoms with Crippen molar-refractivity contribution in [1.82, 2.24) is 10.3 Å². The van der Waals surface area contributed by atoms with E-state index in [0.29, 0.717) is 10.8 Å². The lowest BCUT2D eigenvalue weighted by Crippen LogP contribution is -2.42. The topological polar surface area (TPSA) is 131 Å². The highest BCUT2D eigenvalue weighted by Crippen LogP contribution is 2.10. The van der Waals surface area contributed by atoms with Crippen LogP contribution in [-0.2, 0) is 16.0 Å². The lowest BCUT2D eigenvalue weighted by Gasteiger charge is -2.07. The third-order valence-corrected chi connectivity index (χ3v) is 2.47. The zero-order valence-electron chi connectivity index (χ0n) is 8.34. The van der Waals surface area contributed by atoms with Crippen LogP contribution in [0.1, 0.15) is 5.69 Å². The van der Waals surface area contributed by atoms with E-state index in [1.54, 1.807) is 5.38 Å². The maximum absolute atomic E-state index is 11.3. The molecule has 0 fully saturated rings. The molecule has 0 saturated carbocycles. The largest absolute Gasteiger partial charge is 0.480 e. The summed E-state index contributed by atoms with van der Waals surface area (Å²) in [5.74, 6) is -1.49. The van der Waals surface area contributed by atoms with E-state index in [4.69, 9.17) is 16.6 Å². The summed E-state index contributed by atoms with van der Waals surface area (Å²) in [7, 11) is 0. The zero-order valence-corrected chi connectivity index (χ0v) is 9.16. The molecule has 1 heterocycles. The molecule has 1 unspecified atom stereocenters. The Morgan fingerprint density at radius 1 is 1.62 bits per heavy atom. The third-order valence-electron chi connectivity index (χ3n) is 1.75. The molecular formula is C8H12N4O3S. The normalized spacial score (nSPS) is 12.1. The van der Waals surface area contributed by atoms with Crippen LogP contribution >= 0.6 is 11.3 Å². The van der Waals surface area contributed by atoms with Gasteiger partial charge in [-0.1, -0.05) is 0 Å². The highest BCUT2D eigenvalue weighted by Gasteiger charge is 2.13. The molecule has 1 aromatic heterocycles. The zero-order chi connectivity index (χ0) is 12.1. The number of nitrogens with one attached hydrogen (secondary N) is 1. The lowest BCUT2D eigenvalue weighted by molar-refractivity contribution is -0.138. The average Bonchev–Trinajstić information content (AvgIpc) is 2.60. The number of nitrogens with zero attached hydrogens (tertiary/aromatic N) is 1. The van der Waals surface area contributed by atoms with Crippen molar-refractivity contribution in [3.8, 4) is 0 Å². The number of aliphatic carboxylic acids is 1. The number of carboxylic acids is 1. The second kappa shape index (κ2) is 5.42. The fraction of sp³-hybridized carbons (Fsp3) is 0.375. The molecule has 0 bridgehead atoms. The highest BCUT2D eigenvalue weighted by atomic mass is 32.1. The molecule has 16 heavy (non-hydrogen) atoms. The minimum Gasteiger partial charge on any atom is -0.480 e. The van der Waals surface area contributed by atoms with Gasteiger partial charge in [0.15, 0.2) is 5.13 Å². The van der Waals surface area contributed by atoms with E-state index in [1.165, 1.54) is 11.3 Å². The van der Waals surface area contributed by atoms with Gasteiger partial charge in [0.2, 0.25) is 5.91 Å². The first-order valence-corrected chi connectivity index (χ1v) is 5.32. The highest BCUT2D eigenvalue weighted by molar-refractivity contribution is 7.13. The van der Waals surface area contributed by atoms with Crippen molar-refractivity contribution in [1.29, 1.82) is 0 Å². The van der Waals surface area contributed by atoms with Crippen molar-refractivity contribution in [2.24, 2.45) is 5.73 Å². The summed E-state index contributed by atoms with van der Waals surface area (Å²) in [6.45, 7) is -0.103. The minimum atomic E-state index is -1.15. The van der Waals surface area contributed by atoms with Crippen LogP contribution in [0.15, 0.2) is 5.38 Å². The number of thiazole rings is 1. The van der Waals surface area contributed by atoms with Gasteiger partial charge in [-0.3, -0.25) is 9.59 Å². The van der Waals surface area contributed by atoms with Gasteiger partial charge in [-0.2, -0.15) is 0 Å².